The maximum Gasteiger partial charge on any atom is 0.0684 e. The molecule has 0 aliphatic carbocycles. The summed E-state index contributed by atoms with van der Waals surface area (Å²) in [5.74, 6) is 0.476. The SMILES string of the molecule is C=CC(CCCCCCCC)C(C)(C)OC. The van der Waals surface area contributed by atoms with Gasteiger partial charge < -0.3 is 4.74 Å². The fourth-order valence-corrected chi connectivity index (χ4v) is 2.05. The minimum Gasteiger partial charge on any atom is -0.378 e. The van der Waals surface area contributed by atoms with E-state index in [-0.39, 0.29) is 5.60 Å². The Bertz CT molecular complexity index is 172. The largest absolute Gasteiger partial charge is 0.378 e. The van der Waals surface area contributed by atoms with Gasteiger partial charge in [0.05, 0.1) is 5.60 Å². The van der Waals surface area contributed by atoms with Crippen LogP contribution in [0.1, 0.15) is 65.7 Å². The molecule has 96 valence electrons. The van der Waals surface area contributed by atoms with E-state index in [0.717, 1.165) is 0 Å². The van der Waals surface area contributed by atoms with E-state index in [9.17, 15) is 0 Å². The van der Waals surface area contributed by atoms with Crippen molar-refractivity contribution in [3.63, 3.8) is 0 Å². The minimum absolute atomic E-state index is 0.0643. The van der Waals surface area contributed by atoms with Gasteiger partial charge in [0.1, 0.15) is 0 Å². The molecule has 0 heterocycles. The van der Waals surface area contributed by atoms with Gasteiger partial charge in [0, 0.05) is 13.0 Å². The van der Waals surface area contributed by atoms with Crippen LogP contribution in [-0.2, 0) is 4.74 Å². The topological polar surface area (TPSA) is 9.23 Å². The summed E-state index contributed by atoms with van der Waals surface area (Å²) in [4.78, 5) is 0. The molecule has 0 spiro atoms. The second-order valence-corrected chi connectivity index (χ2v) is 5.21. The van der Waals surface area contributed by atoms with Crippen LogP contribution < -0.4 is 0 Å². The van der Waals surface area contributed by atoms with E-state index in [1.165, 1.54) is 44.9 Å². The third-order valence-corrected chi connectivity index (χ3v) is 3.57. The molecular formula is C15H30O. The minimum atomic E-state index is -0.0643. The van der Waals surface area contributed by atoms with Crippen LogP contribution in [0.3, 0.4) is 0 Å². The van der Waals surface area contributed by atoms with Gasteiger partial charge in [0.25, 0.3) is 0 Å². The van der Waals surface area contributed by atoms with E-state index in [1.807, 2.05) is 0 Å². The van der Waals surface area contributed by atoms with E-state index in [2.05, 4.69) is 33.4 Å². The average Bonchev–Trinajstić information content (AvgIpc) is 2.28. The maximum atomic E-state index is 5.52. The van der Waals surface area contributed by atoms with Crippen molar-refractivity contribution in [2.75, 3.05) is 7.11 Å². The molecule has 0 N–H and O–H groups in total. The molecule has 1 nitrogen and oxygen atoms in total. The molecule has 16 heavy (non-hydrogen) atoms. The summed E-state index contributed by atoms with van der Waals surface area (Å²) in [6.45, 7) is 10.5. The molecule has 0 aliphatic heterocycles. The highest BCUT2D eigenvalue weighted by molar-refractivity contribution is 4.91. The number of unbranched alkanes of at least 4 members (excludes halogenated alkanes) is 5. The first-order chi connectivity index (χ1) is 7.58. The number of ether oxygens (including phenoxy) is 1. The second-order valence-electron chi connectivity index (χ2n) is 5.21. The van der Waals surface area contributed by atoms with Crippen LogP contribution >= 0.6 is 0 Å². The summed E-state index contributed by atoms with van der Waals surface area (Å²) in [7, 11) is 1.79. The summed E-state index contributed by atoms with van der Waals surface area (Å²) < 4.78 is 5.52. The number of methoxy groups -OCH3 is 1. The van der Waals surface area contributed by atoms with Crippen molar-refractivity contribution < 1.29 is 4.74 Å². The van der Waals surface area contributed by atoms with Crippen molar-refractivity contribution in [1.82, 2.24) is 0 Å². The van der Waals surface area contributed by atoms with Gasteiger partial charge >= 0.3 is 0 Å². The Morgan fingerprint density at radius 1 is 1.12 bits per heavy atom. The Morgan fingerprint density at radius 2 is 1.69 bits per heavy atom. The molecule has 0 aromatic carbocycles. The molecule has 0 fully saturated rings. The quantitative estimate of drug-likeness (QED) is 0.378. The Labute approximate surface area is 102 Å². The van der Waals surface area contributed by atoms with Crippen molar-refractivity contribution in [1.29, 1.82) is 0 Å². The highest BCUT2D eigenvalue weighted by Gasteiger charge is 2.25. The molecule has 0 bridgehead atoms. The summed E-state index contributed by atoms with van der Waals surface area (Å²) in [5, 5.41) is 0. The molecule has 0 aromatic rings. The van der Waals surface area contributed by atoms with E-state index >= 15 is 0 Å². The molecule has 0 aliphatic rings. The fraction of sp³-hybridized carbons (Fsp3) is 0.867. The van der Waals surface area contributed by atoms with Crippen LogP contribution in [0.4, 0.5) is 0 Å². The highest BCUT2D eigenvalue weighted by atomic mass is 16.5. The lowest BCUT2D eigenvalue weighted by Crippen LogP contribution is -2.31. The summed E-state index contributed by atoms with van der Waals surface area (Å²) in [5.41, 5.74) is -0.0643. The van der Waals surface area contributed by atoms with E-state index in [0.29, 0.717) is 5.92 Å². The van der Waals surface area contributed by atoms with Gasteiger partial charge in [-0.2, -0.15) is 0 Å². The molecule has 0 radical (unpaired) electrons. The van der Waals surface area contributed by atoms with Crippen LogP contribution in [0, 0.1) is 5.92 Å². The van der Waals surface area contributed by atoms with Crippen LogP contribution in [0.2, 0.25) is 0 Å². The molecule has 0 amide bonds. The van der Waals surface area contributed by atoms with Gasteiger partial charge in [-0.1, -0.05) is 51.5 Å². The van der Waals surface area contributed by atoms with Crippen LogP contribution in [0.25, 0.3) is 0 Å². The Hall–Kier alpha value is -0.300. The van der Waals surface area contributed by atoms with Crippen molar-refractivity contribution in [2.45, 2.75) is 71.3 Å². The lowest BCUT2D eigenvalue weighted by Gasteiger charge is -2.31. The molecule has 1 unspecified atom stereocenters. The molecular weight excluding hydrogens is 196 g/mol. The first-order valence-electron chi connectivity index (χ1n) is 6.76. The molecule has 1 atom stereocenters. The predicted molar refractivity (Wildman–Crippen MR) is 72.8 cm³/mol. The van der Waals surface area contributed by atoms with E-state index in [1.54, 1.807) is 7.11 Å². The zero-order chi connectivity index (χ0) is 12.4. The molecule has 0 rings (SSSR count). The summed E-state index contributed by atoms with van der Waals surface area (Å²) >= 11 is 0. The first kappa shape index (κ1) is 15.7. The van der Waals surface area contributed by atoms with Crippen molar-refractivity contribution >= 4 is 0 Å². The summed E-state index contributed by atoms with van der Waals surface area (Å²) in [6.07, 6.45) is 11.4. The van der Waals surface area contributed by atoms with Gasteiger partial charge in [-0.05, 0) is 20.3 Å². The number of hydrogen-bond donors (Lipinski definition) is 0. The van der Waals surface area contributed by atoms with Gasteiger partial charge in [-0.25, -0.2) is 0 Å². The van der Waals surface area contributed by atoms with Crippen molar-refractivity contribution in [3.05, 3.63) is 12.7 Å². The van der Waals surface area contributed by atoms with E-state index < -0.39 is 0 Å². The van der Waals surface area contributed by atoms with Gasteiger partial charge in [0.15, 0.2) is 0 Å². The van der Waals surface area contributed by atoms with Crippen LogP contribution in [-0.4, -0.2) is 12.7 Å². The zero-order valence-corrected chi connectivity index (χ0v) is 11.7. The number of rotatable bonds is 10. The molecule has 0 saturated heterocycles. The standard InChI is InChI=1S/C15H30O/c1-6-8-9-10-11-12-13-14(7-2)15(3,4)16-5/h7,14H,2,6,8-13H2,1,3-5H3. The Balaban J connectivity index is 3.68. The number of hydrogen-bond acceptors (Lipinski definition) is 1. The average molecular weight is 226 g/mol. The zero-order valence-electron chi connectivity index (χ0n) is 11.7. The van der Waals surface area contributed by atoms with Gasteiger partial charge in [0.2, 0.25) is 0 Å². The molecule has 0 saturated carbocycles. The van der Waals surface area contributed by atoms with Gasteiger partial charge in [-0.15, -0.1) is 6.58 Å². The summed E-state index contributed by atoms with van der Waals surface area (Å²) in [6, 6.07) is 0. The van der Waals surface area contributed by atoms with Crippen molar-refractivity contribution in [2.24, 2.45) is 5.92 Å². The fourth-order valence-electron chi connectivity index (χ4n) is 2.05. The van der Waals surface area contributed by atoms with Crippen LogP contribution in [0.15, 0.2) is 12.7 Å². The van der Waals surface area contributed by atoms with E-state index in [4.69, 9.17) is 4.74 Å². The lowest BCUT2D eigenvalue weighted by molar-refractivity contribution is -0.0151. The Morgan fingerprint density at radius 3 is 2.19 bits per heavy atom. The van der Waals surface area contributed by atoms with Gasteiger partial charge in [-0.3, -0.25) is 0 Å². The van der Waals surface area contributed by atoms with Crippen LogP contribution in [0.5, 0.6) is 0 Å². The highest BCUT2D eigenvalue weighted by Crippen LogP contribution is 2.26. The normalized spacial score (nSPS) is 13.8. The first-order valence-corrected chi connectivity index (χ1v) is 6.76. The third-order valence-electron chi connectivity index (χ3n) is 3.57. The monoisotopic (exact) mass is 226 g/mol. The Kier molecular flexibility index (Phi) is 8.64. The van der Waals surface area contributed by atoms with Crippen molar-refractivity contribution in [3.8, 4) is 0 Å². The maximum absolute atomic E-state index is 5.52. The predicted octanol–water partition coefficient (Wildman–Crippen LogP) is 4.96. The smallest absolute Gasteiger partial charge is 0.0684 e. The lowest BCUT2D eigenvalue weighted by atomic mass is 9.86. The third kappa shape index (κ3) is 6.32. The molecule has 0 aromatic heterocycles. The molecule has 1 heteroatoms. The second kappa shape index (κ2) is 8.81.